The molecule has 0 aromatic heterocycles. The van der Waals surface area contributed by atoms with Gasteiger partial charge < -0.3 is 20.4 Å². The molecule has 172 valence electrons. The van der Waals surface area contributed by atoms with Crippen molar-refractivity contribution in [1.82, 2.24) is 4.90 Å². The zero-order valence-corrected chi connectivity index (χ0v) is 17.3. The molecule has 32 heavy (non-hydrogen) atoms. The van der Waals surface area contributed by atoms with Crippen LogP contribution in [0.4, 0.5) is 18.9 Å². The van der Waals surface area contributed by atoms with Crippen LogP contribution in [-0.4, -0.2) is 45.7 Å². The molecule has 0 saturated heterocycles. The van der Waals surface area contributed by atoms with E-state index in [1.54, 1.807) is 12.1 Å². The molecule has 9 heteroatoms. The third-order valence-corrected chi connectivity index (χ3v) is 5.58. The summed E-state index contributed by atoms with van der Waals surface area (Å²) in [6, 6.07) is 8.19. The molecular weight excluding hydrogens is 425 g/mol. The Bertz CT molecular complexity index is 935. The van der Waals surface area contributed by atoms with Crippen LogP contribution in [0.1, 0.15) is 31.2 Å². The van der Waals surface area contributed by atoms with Crippen LogP contribution in [0, 0.1) is 23.4 Å². The minimum Gasteiger partial charge on any atom is -0.480 e. The van der Waals surface area contributed by atoms with E-state index in [0.29, 0.717) is 37.4 Å². The molecule has 0 aliphatic heterocycles. The van der Waals surface area contributed by atoms with Crippen molar-refractivity contribution in [2.45, 2.75) is 44.4 Å². The number of benzene rings is 2. The van der Waals surface area contributed by atoms with Gasteiger partial charge in [0.2, 0.25) is 5.91 Å². The van der Waals surface area contributed by atoms with Crippen molar-refractivity contribution in [2.75, 3.05) is 11.9 Å². The van der Waals surface area contributed by atoms with Crippen LogP contribution < -0.4 is 5.32 Å². The third kappa shape index (κ3) is 6.46. The van der Waals surface area contributed by atoms with Crippen molar-refractivity contribution in [3.05, 3.63) is 65.5 Å². The number of hydrogen-bond donors (Lipinski definition) is 3. The van der Waals surface area contributed by atoms with E-state index in [4.69, 9.17) is 0 Å². The highest BCUT2D eigenvalue weighted by molar-refractivity contribution is 5.83. The summed E-state index contributed by atoms with van der Waals surface area (Å²) in [5.41, 5.74) is 0.794. The molecule has 0 radical (unpaired) electrons. The summed E-state index contributed by atoms with van der Waals surface area (Å²) in [4.78, 5) is 25.5. The molecule has 2 aromatic rings. The maximum absolute atomic E-state index is 13.5. The van der Waals surface area contributed by atoms with Crippen LogP contribution >= 0.6 is 0 Å². The smallest absolute Gasteiger partial charge is 0.323 e. The second-order valence-corrected chi connectivity index (χ2v) is 8.04. The maximum atomic E-state index is 13.5. The summed E-state index contributed by atoms with van der Waals surface area (Å²) >= 11 is 0. The van der Waals surface area contributed by atoms with Crippen LogP contribution in [0.3, 0.4) is 0 Å². The van der Waals surface area contributed by atoms with Crippen LogP contribution in [0.15, 0.2) is 42.5 Å². The summed E-state index contributed by atoms with van der Waals surface area (Å²) in [6.45, 7) is -0.844. The molecule has 0 spiro atoms. The number of carbonyl (C=O) groups excluding carboxylic acids is 1. The molecular formula is C23H25F3N2O4. The Kier molecular flexibility index (Phi) is 7.74. The molecule has 1 fully saturated rings. The molecule has 0 heterocycles. The van der Waals surface area contributed by atoms with Crippen LogP contribution in [-0.2, 0) is 16.1 Å². The van der Waals surface area contributed by atoms with Gasteiger partial charge in [0.1, 0.15) is 24.0 Å². The number of carbonyl (C=O) groups is 2. The van der Waals surface area contributed by atoms with Crippen molar-refractivity contribution in [3.8, 4) is 0 Å². The SMILES string of the molecule is O=C(O)CN(Cc1cc(F)cc(F)c1)C(=O)[C@@H]1CC[C@H](Nc2ccc(F)cc2)[C@@H](O)CC1. The standard InChI is InChI=1S/C23H25F3N2O4/c24-16-3-5-19(6-4-16)27-20-7-1-15(2-8-21(20)29)23(32)28(13-22(30)31)12-14-9-17(25)11-18(26)10-14/h3-6,9-11,15,20-21,27,29H,1-2,7-8,12-13H2,(H,30,31)/t15-,20+,21+/m1/s1. The van der Waals surface area contributed by atoms with Gasteiger partial charge in [0, 0.05) is 24.2 Å². The first-order chi connectivity index (χ1) is 15.2. The topological polar surface area (TPSA) is 89.9 Å². The number of anilines is 1. The molecule has 1 aliphatic carbocycles. The van der Waals surface area contributed by atoms with E-state index >= 15 is 0 Å². The number of nitrogens with zero attached hydrogens (tertiary/aromatic N) is 1. The van der Waals surface area contributed by atoms with Gasteiger partial charge in [-0.2, -0.15) is 0 Å². The Morgan fingerprint density at radius 2 is 1.56 bits per heavy atom. The minimum absolute atomic E-state index is 0.154. The predicted octanol–water partition coefficient (Wildman–Crippen LogP) is 3.55. The highest BCUT2D eigenvalue weighted by atomic mass is 19.1. The monoisotopic (exact) mass is 450 g/mol. The lowest BCUT2D eigenvalue weighted by molar-refractivity contribution is -0.147. The molecule has 1 amide bonds. The molecule has 2 aromatic carbocycles. The van der Waals surface area contributed by atoms with Gasteiger partial charge in [-0.15, -0.1) is 0 Å². The van der Waals surface area contributed by atoms with Gasteiger partial charge in [-0.1, -0.05) is 0 Å². The van der Waals surface area contributed by atoms with Crippen molar-refractivity contribution in [2.24, 2.45) is 5.92 Å². The van der Waals surface area contributed by atoms with E-state index in [9.17, 15) is 33.0 Å². The second kappa shape index (κ2) is 10.5. The van der Waals surface area contributed by atoms with E-state index in [-0.39, 0.29) is 24.0 Å². The first-order valence-corrected chi connectivity index (χ1v) is 10.4. The number of rotatable bonds is 7. The van der Waals surface area contributed by atoms with Crippen molar-refractivity contribution < 1.29 is 33.0 Å². The lowest BCUT2D eigenvalue weighted by Crippen LogP contribution is -2.39. The molecule has 0 unspecified atom stereocenters. The second-order valence-electron chi connectivity index (χ2n) is 8.04. The summed E-state index contributed by atoms with van der Waals surface area (Å²) in [5.74, 6) is -4.21. The summed E-state index contributed by atoms with van der Waals surface area (Å²) in [7, 11) is 0. The quantitative estimate of drug-likeness (QED) is 0.562. The largest absolute Gasteiger partial charge is 0.480 e. The van der Waals surface area contributed by atoms with Gasteiger partial charge in [-0.3, -0.25) is 9.59 Å². The molecule has 1 aliphatic rings. The maximum Gasteiger partial charge on any atom is 0.323 e. The zero-order valence-electron chi connectivity index (χ0n) is 17.3. The summed E-state index contributed by atoms with van der Waals surface area (Å²) < 4.78 is 40.2. The fourth-order valence-corrected chi connectivity index (χ4v) is 4.02. The summed E-state index contributed by atoms with van der Waals surface area (Å²) in [5, 5.41) is 22.9. The number of hydrogen-bond acceptors (Lipinski definition) is 4. The Hall–Kier alpha value is -3.07. The van der Waals surface area contributed by atoms with E-state index in [1.807, 2.05) is 0 Å². The molecule has 1 saturated carbocycles. The Morgan fingerprint density at radius 3 is 2.19 bits per heavy atom. The fourth-order valence-electron chi connectivity index (χ4n) is 4.02. The van der Waals surface area contributed by atoms with Gasteiger partial charge in [-0.25, -0.2) is 13.2 Å². The lowest BCUT2D eigenvalue weighted by atomic mass is 9.98. The van der Waals surface area contributed by atoms with Gasteiger partial charge in [0.15, 0.2) is 0 Å². The Balaban J connectivity index is 1.69. The molecule has 3 atom stereocenters. The van der Waals surface area contributed by atoms with Gasteiger partial charge >= 0.3 is 5.97 Å². The van der Waals surface area contributed by atoms with E-state index in [2.05, 4.69) is 5.32 Å². The number of carboxylic acids is 1. The number of halogens is 3. The third-order valence-electron chi connectivity index (χ3n) is 5.58. The van der Waals surface area contributed by atoms with Gasteiger partial charge in [0.25, 0.3) is 0 Å². The van der Waals surface area contributed by atoms with E-state index in [1.165, 1.54) is 12.1 Å². The molecule has 3 rings (SSSR count). The van der Waals surface area contributed by atoms with Crippen LogP contribution in [0.5, 0.6) is 0 Å². The zero-order chi connectivity index (χ0) is 23.3. The number of aliphatic hydroxyl groups is 1. The number of amides is 1. The number of nitrogens with one attached hydrogen (secondary N) is 1. The van der Waals surface area contributed by atoms with Crippen molar-refractivity contribution in [3.63, 3.8) is 0 Å². The van der Waals surface area contributed by atoms with E-state index < -0.39 is 42.1 Å². The summed E-state index contributed by atoms with van der Waals surface area (Å²) in [6.07, 6.45) is 0.732. The van der Waals surface area contributed by atoms with Crippen molar-refractivity contribution >= 4 is 17.6 Å². The minimum atomic E-state index is -1.24. The average molecular weight is 450 g/mol. The van der Waals surface area contributed by atoms with E-state index in [0.717, 1.165) is 17.0 Å². The fraction of sp³-hybridized carbons (Fsp3) is 0.391. The lowest BCUT2D eigenvalue weighted by Gasteiger charge is -2.26. The predicted molar refractivity (Wildman–Crippen MR) is 111 cm³/mol. The number of carboxylic acid groups (broad SMARTS) is 1. The Labute approximate surface area is 183 Å². The molecule has 3 N–H and O–H groups in total. The van der Waals surface area contributed by atoms with Crippen molar-refractivity contribution in [1.29, 1.82) is 0 Å². The molecule has 0 bridgehead atoms. The Morgan fingerprint density at radius 1 is 0.938 bits per heavy atom. The first-order valence-electron chi connectivity index (χ1n) is 10.4. The number of aliphatic carboxylic acids is 1. The van der Waals surface area contributed by atoms with Gasteiger partial charge in [-0.05, 0) is 67.6 Å². The van der Waals surface area contributed by atoms with Gasteiger partial charge in [0.05, 0.1) is 12.1 Å². The normalized spacial score (nSPS) is 20.9. The number of aliphatic hydroxyl groups excluding tert-OH is 1. The molecule has 6 nitrogen and oxygen atoms in total. The van der Waals surface area contributed by atoms with Crippen LogP contribution in [0.25, 0.3) is 0 Å². The average Bonchev–Trinajstić information content (AvgIpc) is 2.89. The van der Waals surface area contributed by atoms with Crippen LogP contribution in [0.2, 0.25) is 0 Å². The first kappa shape index (κ1) is 23.6. The highest BCUT2D eigenvalue weighted by Gasteiger charge is 2.32. The highest BCUT2D eigenvalue weighted by Crippen LogP contribution is 2.28.